The highest BCUT2D eigenvalue weighted by molar-refractivity contribution is 5.66. The van der Waals surface area contributed by atoms with Crippen molar-refractivity contribution in [2.45, 2.75) is 45.8 Å². The van der Waals surface area contributed by atoms with Crippen molar-refractivity contribution >= 4 is 5.82 Å². The van der Waals surface area contributed by atoms with E-state index in [1.165, 1.54) is 0 Å². The molecular weight excluding hydrogens is 318 g/mol. The summed E-state index contributed by atoms with van der Waals surface area (Å²) in [7, 11) is 0. The van der Waals surface area contributed by atoms with Gasteiger partial charge in [0.05, 0.1) is 18.0 Å². The maximum Gasteiger partial charge on any atom is 0.251 e. The number of pyridine rings is 1. The number of hydrogen-bond acceptors (Lipinski definition) is 6. The zero-order valence-electron chi connectivity index (χ0n) is 15.0. The van der Waals surface area contributed by atoms with Crippen LogP contribution in [-0.2, 0) is 6.61 Å². The Morgan fingerprint density at radius 1 is 1.32 bits per heavy atom. The quantitative estimate of drug-likeness (QED) is 0.774. The average Bonchev–Trinajstić information content (AvgIpc) is 2.57. The first-order chi connectivity index (χ1) is 11.8. The summed E-state index contributed by atoms with van der Waals surface area (Å²) < 4.78 is 0. The van der Waals surface area contributed by atoms with Crippen LogP contribution in [0.15, 0.2) is 17.1 Å². The summed E-state index contributed by atoms with van der Waals surface area (Å²) in [5.41, 5.74) is 9.14. The second-order valence-electron chi connectivity index (χ2n) is 7.07. The Balaban J connectivity index is 2.02. The Labute approximate surface area is 146 Å². The Kier molecular flexibility index (Phi) is 4.62. The van der Waals surface area contributed by atoms with Crippen LogP contribution in [0.5, 0.6) is 0 Å². The van der Waals surface area contributed by atoms with Crippen LogP contribution in [0.3, 0.4) is 0 Å². The summed E-state index contributed by atoms with van der Waals surface area (Å²) in [4.78, 5) is 26.0. The number of hydrogen-bond donors (Lipinski definition) is 3. The molecule has 0 unspecified atom stereocenters. The molecule has 0 amide bonds. The van der Waals surface area contributed by atoms with Crippen LogP contribution < -0.4 is 16.2 Å². The van der Waals surface area contributed by atoms with E-state index in [0.29, 0.717) is 22.8 Å². The largest absolute Gasteiger partial charge is 0.390 e. The predicted octanol–water partition coefficient (Wildman–Crippen LogP) is 1.26. The Morgan fingerprint density at radius 3 is 2.64 bits per heavy atom. The number of aliphatic hydroxyl groups is 1. The maximum atomic E-state index is 11.9. The third-order valence-electron chi connectivity index (χ3n) is 4.94. The van der Waals surface area contributed by atoms with Crippen molar-refractivity contribution in [3.05, 3.63) is 39.6 Å². The van der Waals surface area contributed by atoms with Crippen molar-refractivity contribution in [3.8, 4) is 11.3 Å². The zero-order chi connectivity index (χ0) is 18.2. The molecule has 0 radical (unpaired) electrons. The third-order valence-corrected chi connectivity index (χ3v) is 4.94. The molecule has 4 N–H and O–H groups in total. The maximum absolute atomic E-state index is 11.9. The van der Waals surface area contributed by atoms with Crippen molar-refractivity contribution < 1.29 is 5.11 Å². The van der Waals surface area contributed by atoms with E-state index < -0.39 is 0 Å². The number of nitrogens with two attached hydrogens (primary N) is 1. The molecule has 0 bridgehead atoms. The molecule has 0 aromatic carbocycles. The van der Waals surface area contributed by atoms with Gasteiger partial charge in [-0.3, -0.25) is 4.79 Å². The summed E-state index contributed by atoms with van der Waals surface area (Å²) in [6.07, 6.45) is 3.34. The third kappa shape index (κ3) is 3.43. The van der Waals surface area contributed by atoms with Crippen LogP contribution in [-0.4, -0.2) is 38.7 Å². The first kappa shape index (κ1) is 17.6. The highest BCUT2D eigenvalue weighted by Gasteiger charge is 2.28. The van der Waals surface area contributed by atoms with E-state index >= 15 is 0 Å². The molecule has 2 aromatic rings. The van der Waals surface area contributed by atoms with Gasteiger partial charge in [0, 0.05) is 36.0 Å². The van der Waals surface area contributed by atoms with Crippen LogP contribution in [0.4, 0.5) is 5.82 Å². The van der Waals surface area contributed by atoms with E-state index in [4.69, 9.17) is 10.7 Å². The molecule has 3 heterocycles. The number of H-pyrrole nitrogens is 1. The van der Waals surface area contributed by atoms with E-state index in [0.717, 1.165) is 37.2 Å². The molecule has 2 aromatic heterocycles. The van der Waals surface area contributed by atoms with Gasteiger partial charge in [0.15, 0.2) is 5.82 Å². The van der Waals surface area contributed by atoms with Gasteiger partial charge in [-0.2, -0.15) is 0 Å². The lowest BCUT2D eigenvalue weighted by Crippen LogP contribution is -2.48. The zero-order valence-corrected chi connectivity index (χ0v) is 15.0. The second-order valence-corrected chi connectivity index (χ2v) is 7.07. The fourth-order valence-electron chi connectivity index (χ4n) is 3.20. The number of rotatable bonds is 3. The van der Waals surface area contributed by atoms with E-state index in [-0.39, 0.29) is 17.7 Å². The highest BCUT2D eigenvalue weighted by atomic mass is 16.3. The van der Waals surface area contributed by atoms with E-state index in [1.54, 1.807) is 13.1 Å². The van der Waals surface area contributed by atoms with Gasteiger partial charge in [0.25, 0.3) is 5.56 Å². The van der Waals surface area contributed by atoms with Crippen molar-refractivity contribution in [1.29, 1.82) is 0 Å². The van der Waals surface area contributed by atoms with Gasteiger partial charge in [-0.1, -0.05) is 0 Å². The minimum Gasteiger partial charge on any atom is -0.390 e. The Bertz CT molecular complexity index is 834. The van der Waals surface area contributed by atoms with Gasteiger partial charge in [0.1, 0.15) is 5.69 Å². The first-order valence-electron chi connectivity index (χ1n) is 8.53. The van der Waals surface area contributed by atoms with Crippen LogP contribution in [0.2, 0.25) is 0 Å². The molecule has 7 nitrogen and oxygen atoms in total. The van der Waals surface area contributed by atoms with Gasteiger partial charge >= 0.3 is 0 Å². The Morgan fingerprint density at radius 2 is 2.00 bits per heavy atom. The molecule has 7 heteroatoms. The number of piperidine rings is 1. The Hall–Kier alpha value is -2.25. The topological polar surface area (TPSA) is 108 Å². The first-order valence-corrected chi connectivity index (χ1v) is 8.53. The van der Waals surface area contributed by atoms with Crippen molar-refractivity contribution in [1.82, 2.24) is 15.0 Å². The molecule has 1 aliphatic heterocycles. The molecule has 1 fully saturated rings. The summed E-state index contributed by atoms with van der Waals surface area (Å²) >= 11 is 0. The molecule has 1 saturated heterocycles. The molecule has 0 spiro atoms. The summed E-state index contributed by atoms with van der Waals surface area (Å²) in [6.45, 7) is 7.08. The minimum atomic E-state index is -0.200. The van der Waals surface area contributed by atoms with E-state index in [1.807, 2.05) is 13.0 Å². The number of nitrogens with one attached hydrogen (secondary N) is 1. The number of aliphatic hydroxyl groups excluding tert-OH is 1. The van der Waals surface area contributed by atoms with Crippen molar-refractivity contribution in [2.24, 2.45) is 5.73 Å². The second kappa shape index (κ2) is 6.57. The summed E-state index contributed by atoms with van der Waals surface area (Å²) in [5, 5.41) is 9.82. The van der Waals surface area contributed by atoms with Gasteiger partial charge in [-0.15, -0.1) is 0 Å². The smallest absolute Gasteiger partial charge is 0.251 e. The lowest BCUT2D eigenvalue weighted by Gasteiger charge is -2.38. The summed E-state index contributed by atoms with van der Waals surface area (Å²) in [5.74, 6) is 0.710. The van der Waals surface area contributed by atoms with Crippen LogP contribution in [0.25, 0.3) is 11.3 Å². The molecule has 25 heavy (non-hydrogen) atoms. The monoisotopic (exact) mass is 343 g/mol. The number of aromatic amines is 1. The average molecular weight is 343 g/mol. The van der Waals surface area contributed by atoms with E-state index in [9.17, 15) is 9.90 Å². The van der Waals surface area contributed by atoms with Gasteiger partial charge in [-0.25, -0.2) is 9.97 Å². The normalized spacial score (nSPS) is 16.9. The SMILES string of the molecule is Cc1nc(N2CCC(C)(N)CC2)c(CO)nc1-c1cc[nH]c(=O)c1C. The van der Waals surface area contributed by atoms with Crippen molar-refractivity contribution in [3.63, 3.8) is 0 Å². The minimum absolute atomic E-state index is 0.147. The van der Waals surface area contributed by atoms with Crippen LogP contribution in [0.1, 0.15) is 36.7 Å². The van der Waals surface area contributed by atoms with E-state index in [2.05, 4.69) is 21.8 Å². The number of aryl methyl sites for hydroxylation is 1. The standard InChI is InChI=1S/C18H25N5O2/c1-11-13(4-7-20-17(11)25)15-12(2)21-16(14(10-24)22-15)23-8-5-18(3,19)6-9-23/h4,7,24H,5-6,8-10,19H2,1-3H3,(H,20,25). The lowest BCUT2D eigenvalue weighted by atomic mass is 9.91. The van der Waals surface area contributed by atoms with Crippen molar-refractivity contribution in [2.75, 3.05) is 18.0 Å². The molecular formula is C18H25N5O2. The molecule has 0 atom stereocenters. The van der Waals surface area contributed by atoms with Gasteiger partial charge < -0.3 is 20.7 Å². The van der Waals surface area contributed by atoms with Crippen LogP contribution >= 0.6 is 0 Å². The molecule has 1 aliphatic rings. The number of nitrogens with zero attached hydrogens (tertiary/aromatic N) is 3. The fourth-order valence-corrected chi connectivity index (χ4v) is 3.20. The van der Waals surface area contributed by atoms with Crippen LogP contribution in [0, 0.1) is 13.8 Å². The number of anilines is 1. The molecule has 134 valence electrons. The summed E-state index contributed by atoms with van der Waals surface area (Å²) in [6, 6.07) is 1.81. The molecule has 3 rings (SSSR count). The van der Waals surface area contributed by atoms with Gasteiger partial charge in [-0.05, 0) is 39.7 Å². The van der Waals surface area contributed by atoms with Gasteiger partial charge in [0.2, 0.25) is 0 Å². The fraction of sp³-hybridized carbons (Fsp3) is 0.500. The molecule has 0 aliphatic carbocycles. The number of aromatic nitrogens is 3. The predicted molar refractivity (Wildman–Crippen MR) is 97.5 cm³/mol. The lowest BCUT2D eigenvalue weighted by molar-refractivity contribution is 0.275. The molecule has 0 saturated carbocycles. The highest BCUT2D eigenvalue weighted by Crippen LogP contribution is 2.29.